The Morgan fingerprint density at radius 2 is 2.07 bits per heavy atom. The summed E-state index contributed by atoms with van der Waals surface area (Å²) in [6.45, 7) is 5.00. The first-order valence-electron chi connectivity index (χ1n) is 10.7. The van der Waals surface area contributed by atoms with Crippen LogP contribution < -0.4 is 10.6 Å². The van der Waals surface area contributed by atoms with Crippen molar-refractivity contribution < 1.29 is 9.59 Å². The Labute approximate surface area is 183 Å². The third kappa shape index (κ3) is 6.54. The molecule has 4 nitrogen and oxygen atoms in total. The van der Waals surface area contributed by atoms with Gasteiger partial charge in [-0.25, -0.2) is 0 Å². The summed E-state index contributed by atoms with van der Waals surface area (Å²) >= 11 is 3.63. The standard InChI is InChI=1S/C23H32N2O2S2/c1-3-12-28-13-4-11-24-22(26)18-9-10-20-19(15-18)25-23(27)21(29-20)14-17-7-5-16(2)6-8-17/h5-8,14,18-20H,3-4,9-13,15H2,1-2H3,(H,24,26)(H,25,27)/b21-14+. The van der Waals surface area contributed by atoms with Crippen LogP contribution in [0.5, 0.6) is 0 Å². The SMILES string of the molecule is CCCSCCCNC(=O)C1CCC2S/C(=C/c3ccc(C)cc3)C(=O)NC2C1. The van der Waals surface area contributed by atoms with Crippen LogP contribution >= 0.6 is 23.5 Å². The molecular formula is C23H32N2O2S2. The van der Waals surface area contributed by atoms with Crippen LogP contribution in [-0.4, -0.2) is 41.2 Å². The van der Waals surface area contributed by atoms with Gasteiger partial charge in [0.15, 0.2) is 0 Å². The van der Waals surface area contributed by atoms with E-state index in [9.17, 15) is 9.59 Å². The Morgan fingerprint density at radius 3 is 2.83 bits per heavy atom. The highest BCUT2D eigenvalue weighted by molar-refractivity contribution is 8.04. The van der Waals surface area contributed by atoms with Crippen LogP contribution in [0.4, 0.5) is 0 Å². The van der Waals surface area contributed by atoms with Gasteiger partial charge in [-0.15, -0.1) is 11.8 Å². The normalized spacial score (nSPS) is 25.4. The first-order valence-corrected chi connectivity index (χ1v) is 12.7. The third-order valence-electron chi connectivity index (χ3n) is 5.46. The van der Waals surface area contributed by atoms with E-state index in [0.29, 0.717) is 5.25 Å². The predicted octanol–water partition coefficient (Wildman–Crippen LogP) is 4.39. The Hall–Kier alpha value is -1.40. The van der Waals surface area contributed by atoms with E-state index in [4.69, 9.17) is 0 Å². The number of thioether (sulfide) groups is 2. The van der Waals surface area contributed by atoms with Gasteiger partial charge in [-0.3, -0.25) is 9.59 Å². The monoisotopic (exact) mass is 432 g/mol. The molecule has 6 heteroatoms. The van der Waals surface area contributed by atoms with Crippen LogP contribution in [0.1, 0.15) is 50.2 Å². The fraction of sp³-hybridized carbons (Fsp3) is 0.565. The Bertz CT molecular complexity index is 733. The maximum atomic E-state index is 12.6. The van der Waals surface area contributed by atoms with Gasteiger partial charge >= 0.3 is 0 Å². The van der Waals surface area contributed by atoms with E-state index >= 15 is 0 Å². The molecule has 2 aliphatic rings. The van der Waals surface area contributed by atoms with Crippen LogP contribution in [-0.2, 0) is 9.59 Å². The van der Waals surface area contributed by atoms with E-state index in [0.717, 1.165) is 48.4 Å². The maximum absolute atomic E-state index is 12.6. The van der Waals surface area contributed by atoms with Crippen molar-refractivity contribution in [3.63, 3.8) is 0 Å². The second kappa shape index (κ2) is 11.1. The average Bonchev–Trinajstić information content (AvgIpc) is 2.72. The summed E-state index contributed by atoms with van der Waals surface area (Å²) in [5.41, 5.74) is 2.26. The molecule has 3 unspecified atom stereocenters. The van der Waals surface area contributed by atoms with Crippen molar-refractivity contribution in [3.05, 3.63) is 40.3 Å². The summed E-state index contributed by atoms with van der Waals surface area (Å²) in [4.78, 5) is 25.9. The molecular weight excluding hydrogens is 400 g/mol. The summed E-state index contributed by atoms with van der Waals surface area (Å²) in [5, 5.41) is 6.62. The van der Waals surface area contributed by atoms with Crippen molar-refractivity contribution in [2.45, 2.75) is 57.2 Å². The Morgan fingerprint density at radius 1 is 1.28 bits per heavy atom. The van der Waals surface area contributed by atoms with Crippen LogP contribution in [0.3, 0.4) is 0 Å². The van der Waals surface area contributed by atoms with E-state index < -0.39 is 0 Å². The number of benzene rings is 1. The van der Waals surface area contributed by atoms with Crippen LogP contribution in [0.15, 0.2) is 29.2 Å². The number of carbonyl (C=O) groups excluding carboxylic acids is 2. The lowest BCUT2D eigenvalue weighted by atomic mass is 9.84. The topological polar surface area (TPSA) is 58.2 Å². The molecule has 2 fully saturated rings. The maximum Gasteiger partial charge on any atom is 0.257 e. The highest BCUT2D eigenvalue weighted by Gasteiger charge is 2.39. The van der Waals surface area contributed by atoms with E-state index in [1.165, 1.54) is 17.7 Å². The highest BCUT2D eigenvalue weighted by atomic mass is 32.2. The van der Waals surface area contributed by atoms with Gasteiger partial charge in [0, 0.05) is 23.8 Å². The van der Waals surface area contributed by atoms with Gasteiger partial charge in [0.25, 0.3) is 5.91 Å². The fourth-order valence-corrected chi connectivity index (χ4v) is 5.96. The first kappa shape index (κ1) is 22.3. The van der Waals surface area contributed by atoms with Crippen molar-refractivity contribution in [2.75, 3.05) is 18.1 Å². The van der Waals surface area contributed by atoms with Gasteiger partial charge in [0.2, 0.25) is 5.91 Å². The number of rotatable bonds is 8. The van der Waals surface area contributed by atoms with E-state index in [2.05, 4.69) is 36.6 Å². The second-order valence-electron chi connectivity index (χ2n) is 7.92. The van der Waals surface area contributed by atoms with Gasteiger partial charge in [-0.05, 0) is 62.2 Å². The number of nitrogens with one attached hydrogen (secondary N) is 2. The van der Waals surface area contributed by atoms with E-state index in [-0.39, 0.29) is 23.8 Å². The minimum Gasteiger partial charge on any atom is -0.356 e. The van der Waals surface area contributed by atoms with Crippen molar-refractivity contribution in [2.24, 2.45) is 5.92 Å². The molecule has 1 saturated heterocycles. The minimum atomic E-state index is -0.00849. The number of hydrogen-bond acceptors (Lipinski definition) is 4. The summed E-state index contributed by atoms with van der Waals surface area (Å²) in [6.07, 6.45) is 6.81. The van der Waals surface area contributed by atoms with Gasteiger partial charge in [0.1, 0.15) is 0 Å². The quantitative estimate of drug-likeness (QED) is 0.473. The largest absolute Gasteiger partial charge is 0.356 e. The molecule has 0 spiro atoms. The molecule has 1 saturated carbocycles. The van der Waals surface area contributed by atoms with Gasteiger partial charge < -0.3 is 10.6 Å². The lowest BCUT2D eigenvalue weighted by Gasteiger charge is -2.39. The zero-order valence-corrected chi connectivity index (χ0v) is 19.0. The molecule has 158 valence electrons. The predicted molar refractivity (Wildman–Crippen MR) is 125 cm³/mol. The number of aryl methyl sites for hydroxylation is 1. The number of amides is 2. The number of hydrogen-bond donors (Lipinski definition) is 2. The Balaban J connectivity index is 1.48. The summed E-state index contributed by atoms with van der Waals surface area (Å²) in [7, 11) is 0. The molecule has 1 heterocycles. The van der Waals surface area contributed by atoms with Gasteiger partial charge in [-0.1, -0.05) is 36.8 Å². The second-order valence-corrected chi connectivity index (χ2v) is 10.4. The summed E-state index contributed by atoms with van der Waals surface area (Å²) < 4.78 is 0. The smallest absolute Gasteiger partial charge is 0.257 e. The lowest BCUT2D eigenvalue weighted by Crippen LogP contribution is -2.51. The van der Waals surface area contributed by atoms with Gasteiger partial charge in [0.05, 0.1) is 4.91 Å². The molecule has 1 aliphatic heterocycles. The van der Waals surface area contributed by atoms with Crippen LogP contribution in [0.2, 0.25) is 0 Å². The number of fused-ring (bicyclic) bond motifs is 1. The molecule has 29 heavy (non-hydrogen) atoms. The van der Waals surface area contributed by atoms with Crippen LogP contribution in [0.25, 0.3) is 6.08 Å². The summed E-state index contributed by atoms with van der Waals surface area (Å²) in [6, 6.07) is 8.31. The van der Waals surface area contributed by atoms with Crippen molar-refractivity contribution in [1.29, 1.82) is 0 Å². The lowest BCUT2D eigenvalue weighted by molar-refractivity contribution is -0.127. The highest BCUT2D eigenvalue weighted by Crippen LogP contribution is 2.39. The molecule has 1 aliphatic carbocycles. The fourth-order valence-electron chi connectivity index (χ4n) is 3.82. The molecule has 1 aromatic carbocycles. The van der Waals surface area contributed by atoms with Gasteiger partial charge in [-0.2, -0.15) is 11.8 Å². The summed E-state index contributed by atoms with van der Waals surface area (Å²) in [5.74, 6) is 2.46. The number of carbonyl (C=O) groups is 2. The van der Waals surface area contributed by atoms with E-state index in [1.54, 1.807) is 11.8 Å². The zero-order chi connectivity index (χ0) is 20.6. The van der Waals surface area contributed by atoms with Crippen molar-refractivity contribution in [3.8, 4) is 0 Å². The van der Waals surface area contributed by atoms with Crippen LogP contribution in [0, 0.1) is 12.8 Å². The molecule has 2 N–H and O–H groups in total. The molecule has 1 aromatic rings. The van der Waals surface area contributed by atoms with Crippen molar-refractivity contribution in [1.82, 2.24) is 10.6 Å². The minimum absolute atomic E-state index is 0.00849. The Kier molecular flexibility index (Phi) is 8.54. The molecule has 2 amide bonds. The molecule has 0 aromatic heterocycles. The molecule has 3 atom stereocenters. The molecule has 0 bridgehead atoms. The average molecular weight is 433 g/mol. The molecule has 3 rings (SSSR count). The third-order valence-corrected chi connectivity index (χ3v) is 8.16. The molecule has 0 radical (unpaired) electrons. The zero-order valence-electron chi connectivity index (χ0n) is 17.4. The van der Waals surface area contributed by atoms with E-state index in [1.807, 2.05) is 30.0 Å². The van der Waals surface area contributed by atoms with Crippen molar-refractivity contribution >= 4 is 41.4 Å². The first-order chi connectivity index (χ1) is 14.1.